The van der Waals surface area contributed by atoms with Crippen LogP contribution in [0.2, 0.25) is 0 Å². The van der Waals surface area contributed by atoms with Gasteiger partial charge >= 0.3 is 5.97 Å². The first-order valence-corrected chi connectivity index (χ1v) is 7.62. The summed E-state index contributed by atoms with van der Waals surface area (Å²) in [6.07, 6.45) is 6.07. The van der Waals surface area contributed by atoms with Crippen molar-refractivity contribution >= 4 is 34.6 Å². The molecule has 0 aliphatic heterocycles. The van der Waals surface area contributed by atoms with Crippen LogP contribution in [0, 0.1) is 3.77 Å². The fraction of sp³-hybridized carbons (Fsp3) is 0.0667. The van der Waals surface area contributed by atoms with Gasteiger partial charge < -0.3 is 13.7 Å². The largest absolute Gasteiger partial charge is 0.452 e. The number of pyridine rings is 1. The Labute approximate surface area is 144 Å². The minimum absolute atomic E-state index is 0.105. The summed E-state index contributed by atoms with van der Waals surface area (Å²) >= 11 is 2.04. The second-order valence-corrected chi connectivity index (χ2v) is 5.40. The molecule has 3 rings (SSSR count). The van der Waals surface area contributed by atoms with Crippen molar-refractivity contribution in [1.82, 2.24) is 15.1 Å². The highest BCUT2D eigenvalue weighted by atomic mass is 127. The van der Waals surface area contributed by atoms with Crippen LogP contribution in [0.4, 0.5) is 0 Å². The van der Waals surface area contributed by atoms with Gasteiger partial charge in [0.25, 0.3) is 5.89 Å². The van der Waals surface area contributed by atoms with Crippen molar-refractivity contribution in [3.63, 3.8) is 0 Å². The molecule has 0 unspecified atom stereocenters. The molecule has 3 aromatic rings. The Morgan fingerprint density at radius 1 is 1.35 bits per heavy atom. The molecule has 3 heterocycles. The van der Waals surface area contributed by atoms with Crippen LogP contribution in [-0.4, -0.2) is 21.1 Å². The van der Waals surface area contributed by atoms with Gasteiger partial charge in [-0.3, -0.25) is 4.98 Å². The molecule has 23 heavy (non-hydrogen) atoms. The third-order valence-electron chi connectivity index (χ3n) is 2.70. The van der Waals surface area contributed by atoms with Crippen LogP contribution in [0.25, 0.3) is 17.5 Å². The second-order valence-electron chi connectivity index (χ2n) is 4.34. The standard InChI is InChI=1S/C15H10IN3O4/c16-12-5-3-11(22-12)4-6-14(20)21-9-13-18-15(19-23-13)10-2-1-7-17-8-10/h1-8H,9H2/b6-4+. The second kappa shape index (κ2) is 7.18. The van der Waals surface area contributed by atoms with Crippen LogP contribution in [0.3, 0.4) is 0 Å². The van der Waals surface area contributed by atoms with E-state index in [1.165, 1.54) is 12.2 Å². The van der Waals surface area contributed by atoms with Gasteiger partial charge in [-0.25, -0.2) is 4.79 Å². The van der Waals surface area contributed by atoms with E-state index in [1.54, 1.807) is 36.7 Å². The van der Waals surface area contributed by atoms with Crippen molar-refractivity contribution in [3.05, 3.63) is 58.2 Å². The summed E-state index contributed by atoms with van der Waals surface area (Å²) in [6, 6.07) is 7.13. The smallest absolute Gasteiger partial charge is 0.331 e. The van der Waals surface area contributed by atoms with Crippen molar-refractivity contribution in [1.29, 1.82) is 0 Å². The quantitative estimate of drug-likeness (QED) is 0.354. The Morgan fingerprint density at radius 3 is 3.00 bits per heavy atom. The normalized spacial score (nSPS) is 11.0. The zero-order chi connectivity index (χ0) is 16.1. The molecule has 3 aromatic heterocycles. The highest BCUT2D eigenvalue weighted by Gasteiger charge is 2.10. The van der Waals surface area contributed by atoms with Crippen LogP contribution in [0.1, 0.15) is 11.7 Å². The predicted molar refractivity (Wildman–Crippen MR) is 87.8 cm³/mol. The molecule has 0 aliphatic rings. The summed E-state index contributed by atoms with van der Waals surface area (Å²) in [5.41, 5.74) is 0.723. The molecule has 116 valence electrons. The molecular formula is C15H10IN3O4. The Hall–Kier alpha value is -2.49. The van der Waals surface area contributed by atoms with Crippen LogP contribution in [-0.2, 0) is 16.1 Å². The Bertz CT molecular complexity index is 826. The van der Waals surface area contributed by atoms with Crippen molar-refractivity contribution in [3.8, 4) is 11.4 Å². The van der Waals surface area contributed by atoms with E-state index < -0.39 is 5.97 Å². The van der Waals surface area contributed by atoms with E-state index in [-0.39, 0.29) is 12.5 Å². The van der Waals surface area contributed by atoms with Gasteiger partial charge in [0, 0.05) is 24.0 Å². The first-order valence-electron chi connectivity index (χ1n) is 6.54. The van der Waals surface area contributed by atoms with Gasteiger partial charge in [0.05, 0.1) is 0 Å². The highest BCUT2D eigenvalue weighted by Crippen LogP contribution is 2.14. The maximum absolute atomic E-state index is 11.6. The number of halogens is 1. The molecule has 8 heteroatoms. The first-order chi connectivity index (χ1) is 11.2. The number of hydrogen-bond acceptors (Lipinski definition) is 7. The van der Waals surface area contributed by atoms with Crippen molar-refractivity contribution in [2.45, 2.75) is 6.61 Å². The molecule has 0 saturated carbocycles. The van der Waals surface area contributed by atoms with Crippen molar-refractivity contribution < 1.29 is 18.5 Å². The lowest BCUT2D eigenvalue weighted by atomic mass is 10.3. The molecule has 0 radical (unpaired) electrons. The number of furan rings is 1. The summed E-state index contributed by atoms with van der Waals surface area (Å²) in [5.74, 6) is 0.642. The molecule has 0 N–H and O–H groups in total. The number of hydrogen-bond donors (Lipinski definition) is 0. The molecule has 0 saturated heterocycles. The summed E-state index contributed by atoms with van der Waals surface area (Å²) in [6.45, 7) is -0.105. The highest BCUT2D eigenvalue weighted by molar-refractivity contribution is 14.1. The van der Waals surface area contributed by atoms with Gasteiger partial charge in [-0.15, -0.1) is 0 Å². The molecule has 0 bridgehead atoms. The minimum Gasteiger partial charge on any atom is -0.452 e. The topological polar surface area (TPSA) is 91.2 Å². The Morgan fingerprint density at radius 2 is 2.26 bits per heavy atom. The Balaban J connectivity index is 1.55. The van der Waals surface area contributed by atoms with Crippen LogP contribution in [0.15, 0.2) is 51.7 Å². The average molecular weight is 423 g/mol. The maximum atomic E-state index is 11.6. The van der Waals surface area contributed by atoms with Gasteiger partial charge in [0.2, 0.25) is 5.82 Å². The fourth-order valence-electron chi connectivity index (χ4n) is 1.67. The number of carbonyl (C=O) groups is 1. The van der Waals surface area contributed by atoms with E-state index in [0.717, 1.165) is 9.33 Å². The van der Waals surface area contributed by atoms with E-state index in [4.69, 9.17) is 13.7 Å². The number of ether oxygens (including phenoxy) is 1. The average Bonchev–Trinajstić information content (AvgIpc) is 3.21. The molecule has 0 aromatic carbocycles. The maximum Gasteiger partial charge on any atom is 0.331 e. The van der Waals surface area contributed by atoms with Gasteiger partial charge in [-0.1, -0.05) is 5.16 Å². The number of esters is 1. The van der Waals surface area contributed by atoms with Gasteiger partial charge in [-0.05, 0) is 52.9 Å². The SMILES string of the molecule is O=C(/C=C/c1ccc(I)o1)OCc1nc(-c2cccnc2)no1. The lowest BCUT2D eigenvalue weighted by Crippen LogP contribution is -2.00. The summed E-state index contributed by atoms with van der Waals surface area (Å²) in [7, 11) is 0. The molecule has 0 fully saturated rings. The number of nitrogens with zero attached hydrogens (tertiary/aromatic N) is 3. The minimum atomic E-state index is -0.530. The number of rotatable bonds is 5. The van der Waals surface area contributed by atoms with Crippen LogP contribution >= 0.6 is 22.6 Å². The molecule has 0 atom stereocenters. The molecule has 7 nitrogen and oxygen atoms in total. The zero-order valence-corrected chi connectivity index (χ0v) is 13.8. The van der Waals surface area contributed by atoms with E-state index in [2.05, 4.69) is 15.1 Å². The Kier molecular flexibility index (Phi) is 4.81. The van der Waals surface area contributed by atoms with Gasteiger partial charge in [0.1, 0.15) is 5.76 Å². The summed E-state index contributed by atoms with van der Waals surface area (Å²) < 4.78 is 16.1. The first kappa shape index (κ1) is 15.4. The van der Waals surface area contributed by atoms with Crippen LogP contribution < -0.4 is 0 Å². The predicted octanol–water partition coefficient (Wildman–Crippen LogP) is 3.09. The van der Waals surface area contributed by atoms with E-state index in [0.29, 0.717) is 11.6 Å². The fourth-order valence-corrected chi connectivity index (χ4v) is 2.11. The summed E-state index contributed by atoms with van der Waals surface area (Å²) in [5, 5.41) is 3.81. The molecule has 0 spiro atoms. The third-order valence-corrected chi connectivity index (χ3v) is 3.28. The lowest BCUT2D eigenvalue weighted by Gasteiger charge is -1.95. The van der Waals surface area contributed by atoms with Gasteiger partial charge in [-0.2, -0.15) is 4.98 Å². The molecule has 0 amide bonds. The molecule has 0 aliphatic carbocycles. The molecular weight excluding hydrogens is 413 g/mol. The van der Waals surface area contributed by atoms with Gasteiger partial charge in [0.15, 0.2) is 10.4 Å². The van der Waals surface area contributed by atoms with Crippen LogP contribution in [0.5, 0.6) is 0 Å². The van der Waals surface area contributed by atoms with Crippen molar-refractivity contribution in [2.24, 2.45) is 0 Å². The zero-order valence-electron chi connectivity index (χ0n) is 11.7. The monoisotopic (exact) mass is 423 g/mol. The summed E-state index contributed by atoms with van der Waals surface area (Å²) in [4.78, 5) is 19.7. The van der Waals surface area contributed by atoms with Crippen molar-refractivity contribution in [2.75, 3.05) is 0 Å². The third kappa shape index (κ3) is 4.25. The van der Waals surface area contributed by atoms with E-state index >= 15 is 0 Å². The lowest BCUT2D eigenvalue weighted by molar-refractivity contribution is -0.139. The number of carbonyl (C=O) groups excluding carboxylic acids is 1. The van der Waals surface area contributed by atoms with E-state index in [1.807, 2.05) is 22.6 Å². The van der Waals surface area contributed by atoms with E-state index in [9.17, 15) is 4.79 Å². The number of aromatic nitrogens is 3.